The highest BCUT2D eigenvalue weighted by molar-refractivity contribution is 7.99. The van der Waals surface area contributed by atoms with Gasteiger partial charge in [0.2, 0.25) is 11.1 Å². The van der Waals surface area contributed by atoms with Crippen LogP contribution in [0.15, 0.2) is 53.7 Å². The Morgan fingerprint density at radius 1 is 1.19 bits per heavy atom. The summed E-state index contributed by atoms with van der Waals surface area (Å²) >= 11 is 1.04. The van der Waals surface area contributed by atoms with Crippen LogP contribution in [0.4, 0.5) is 10.1 Å². The molecule has 0 aliphatic carbocycles. The van der Waals surface area contributed by atoms with Crippen molar-refractivity contribution >= 4 is 29.3 Å². The molecule has 0 atom stereocenters. The van der Waals surface area contributed by atoms with Crippen molar-refractivity contribution in [2.24, 2.45) is 0 Å². The Labute approximate surface area is 157 Å². The second-order valence-corrected chi connectivity index (χ2v) is 6.14. The average molecular weight is 387 g/mol. The number of carbonyl (C=O) groups excluding carboxylic acids is 2. The van der Waals surface area contributed by atoms with Crippen LogP contribution in [-0.2, 0) is 9.53 Å². The van der Waals surface area contributed by atoms with Gasteiger partial charge in [-0.1, -0.05) is 36.0 Å². The van der Waals surface area contributed by atoms with Gasteiger partial charge in [0.05, 0.1) is 24.1 Å². The molecule has 3 rings (SSSR count). The van der Waals surface area contributed by atoms with Gasteiger partial charge in [0, 0.05) is 0 Å². The fourth-order valence-corrected chi connectivity index (χ4v) is 2.92. The predicted octanol–water partition coefficient (Wildman–Crippen LogP) is 2.32. The lowest BCUT2D eigenvalue weighted by Gasteiger charge is -2.09. The molecular weight excluding hydrogens is 373 g/mol. The lowest BCUT2D eigenvalue weighted by molar-refractivity contribution is -0.113. The van der Waals surface area contributed by atoms with Crippen LogP contribution < -0.4 is 5.32 Å². The topological polar surface area (TPSA) is 99.0 Å². The van der Waals surface area contributed by atoms with E-state index in [0.717, 1.165) is 11.8 Å². The Morgan fingerprint density at radius 3 is 2.70 bits per heavy atom. The lowest BCUT2D eigenvalue weighted by Crippen LogP contribution is -2.17. The molecule has 1 N–H and O–H groups in total. The molecule has 0 fully saturated rings. The number of rotatable bonds is 6. The number of methoxy groups -OCH3 is 1. The highest BCUT2D eigenvalue weighted by Gasteiger charge is 2.16. The molecule has 3 aromatic rings. The van der Waals surface area contributed by atoms with Crippen LogP contribution in [0.2, 0.25) is 0 Å². The minimum atomic E-state index is -0.554. The van der Waals surface area contributed by atoms with Gasteiger partial charge in [-0.25, -0.2) is 9.18 Å². The van der Waals surface area contributed by atoms with E-state index in [2.05, 4.69) is 20.8 Å². The first-order valence-electron chi connectivity index (χ1n) is 7.73. The zero-order chi connectivity index (χ0) is 19.2. The summed E-state index contributed by atoms with van der Waals surface area (Å²) in [7, 11) is 1.26. The molecule has 138 valence electrons. The fraction of sp³-hybridized carbons (Fsp3) is 0.118. The van der Waals surface area contributed by atoms with Crippen LogP contribution in [0.25, 0.3) is 5.69 Å². The third kappa shape index (κ3) is 4.29. The average Bonchev–Trinajstić information content (AvgIpc) is 3.15. The first-order valence-corrected chi connectivity index (χ1v) is 8.72. The zero-order valence-corrected chi connectivity index (χ0v) is 14.9. The van der Waals surface area contributed by atoms with Crippen LogP contribution in [0, 0.1) is 5.82 Å². The quantitative estimate of drug-likeness (QED) is 0.512. The maximum absolute atomic E-state index is 13.9. The van der Waals surface area contributed by atoms with Gasteiger partial charge in [0.15, 0.2) is 0 Å². The van der Waals surface area contributed by atoms with Gasteiger partial charge in [0.25, 0.3) is 0 Å². The van der Waals surface area contributed by atoms with E-state index < -0.39 is 11.8 Å². The number of nitrogens with zero attached hydrogens (tertiary/aromatic N) is 4. The van der Waals surface area contributed by atoms with Gasteiger partial charge in [0.1, 0.15) is 11.5 Å². The highest BCUT2D eigenvalue weighted by Crippen LogP contribution is 2.21. The van der Waals surface area contributed by atoms with E-state index in [0.29, 0.717) is 5.69 Å². The van der Waals surface area contributed by atoms with Crippen LogP contribution in [0.5, 0.6) is 0 Å². The molecule has 2 aromatic carbocycles. The summed E-state index contributed by atoms with van der Waals surface area (Å²) in [6.45, 7) is 0. The molecule has 0 saturated heterocycles. The number of para-hydroxylation sites is 2. The molecule has 0 aliphatic heterocycles. The van der Waals surface area contributed by atoms with Gasteiger partial charge in [-0.2, -0.15) is 4.68 Å². The minimum absolute atomic E-state index is 0.0374. The second kappa shape index (κ2) is 8.41. The molecule has 1 aromatic heterocycles. The summed E-state index contributed by atoms with van der Waals surface area (Å²) in [5.74, 6) is -1.45. The van der Waals surface area contributed by atoms with E-state index in [1.165, 1.54) is 23.9 Å². The second-order valence-electron chi connectivity index (χ2n) is 5.20. The van der Waals surface area contributed by atoms with Crippen molar-refractivity contribution in [1.29, 1.82) is 0 Å². The number of thioether (sulfide) groups is 1. The number of amides is 1. The van der Waals surface area contributed by atoms with Crippen LogP contribution in [0.3, 0.4) is 0 Å². The zero-order valence-electron chi connectivity index (χ0n) is 14.1. The number of aromatic nitrogens is 4. The summed E-state index contributed by atoms with van der Waals surface area (Å²) in [6, 6.07) is 12.5. The molecule has 27 heavy (non-hydrogen) atoms. The van der Waals surface area contributed by atoms with Crippen molar-refractivity contribution in [3.05, 3.63) is 59.9 Å². The maximum Gasteiger partial charge on any atom is 0.339 e. The Bertz CT molecular complexity index is 978. The number of ether oxygens (including phenoxy) is 1. The number of halogens is 1. The number of anilines is 1. The third-order valence-corrected chi connectivity index (χ3v) is 4.38. The van der Waals surface area contributed by atoms with E-state index in [9.17, 15) is 14.0 Å². The van der Waals surface area contributed by atoms with Crippen molar-refractivity contribution in [3.8, 4) is 5.69 Å². The van der Waals surface area contributed by atoms with E-state index in [4.69, 9.17) is 4.74 Å². The maximum atomic E-state index is 13.9. The SMILES string of the molecule is COC(=O)c1ccccc1NC(=O)CSc1nnnn1-c1ccccc1F. The standard InChI is InChI=1S/C17H14FN5O3S/c1-26-16(25)11-6-2-4-8-13(11)19-15(24)10-27-17-20-21-22-23(17)14-9-5-3-7-12(14)18/h2-9H,10H2,1H3,(H,19,24). The van der Waals surface area contributed by atoms with E-state index in [1.54, 1.807) is 36.4 Å². The molecule has 0 saturated carbocycles. The molecule has 1 amide bonds. The van der Waals surface area contributed by atoms with E-state index in [1.807, 2.05) is 0 Å². The smallest absolute Gasteiger partial charge is 0.339 e. The number of esters is 1. The Hall–Kier alpha value is -3.27. The molecule has 1 heterocycles. The molecule has 0 unspecified atom stereocenters. The lowest BCUT2D eigenvalue weighted by atomic mass is 10.2. The molecule has 8 nitrogen and oxygen atoms in total. The van der Waals surface area contributed by atoms with E-state index in [-0.39, 0.29) is 28.1 Å². The normalized spacial score (nSPS) is 10.4. The van der Waals surface area contributed by atoms with Gasteiger partial charge in [-0.15, -0.1) is 5.10 Å². The molecule has 0 radical (unpaired) electrons. The number of hydrogen-bond acceptors (Lipinski definition) is 7. The van der Waals surface area contributed by atoms with Gasteiger partial charge in [-0.05, 0) is 34.7 Å². The Balaban J connectivity index is 1.69. The van der Waals surface area contributed by atoms with Crippen LogP contribution >= 0.6 is 11.8 Å². The molecular formula is C17H14FN5O3S. The largest absolute Gasteiger partial charge is 0.465 e. The van der Waals surface area contributed by atoms with Gasteiger partial charge in [-0.3, -0.25) is 4.79 Å². The molecule has 0 aliphatic rings. The van der Waals surface area contributed by atoms with Crippen molar-refractivity contribution in [2.75, 3.05) is 18.2 Å². The van der Waals surface area contributed by atoms with Gasteiger partial charge >= 0.3 is 5.97 Å². The van der Waals surface area contributed by atoms with Crippen molar-refractivity contribution in [2.45, 2.75) is 5.16 Å². The van der Waals surface area contributed by atoms with Crippen molar-refractivity contribution < 1.29 is 18.7 Å². The summed E-state index contributed by atoms with van der Waals surface area (Å²) in [6.07, 6.45) is 0. The number of tetrazole rings is 1. The molecule has 0 spiro atoms. The van der Waals surface area contributed by atoms with Crippen LogP contribution in [0.1, 0.15) is 10.4 Å². The van der Waals surface area contributed by atoms with Crippen molar-refractivity contribution in [3.63, 3.8) is 0 Å². The number of nitrogens with one attached hydrogen (secondary N) is 1. The molecule has 10 heteroatoms. The number of benzene rings is 2. The molecule has 0 bridgehead atoms. The number of carbonyl (C=O) groups is 2. The summed E-state index contributed by atoms with van der Waals surface area (Å²) in [5.41, 5.74) is 0.764. The minimum Gasteiger partial charge on any atom is -0.465 e. The summed E-state index contributed by atoms with van der Waals surface area (Å²) in [5, 5.41) is 14.0. The van der Waals surface area contributed by atoms with Gasteiger partial charge < -0.3 is 10.1 Å². The predicted molar refractivity (Wildman–Crippen MR) is 96.2 cm³/mol. The Kier molecular flexibility index (Phi) is 5.77. The first-order chi connectivity index (χ1) is 13.1. The number of hydrogen-bond donors (Lipinski definition) is 1. The van der Waals surface area contributed by atoms with E-state index >= 15 is 0 Å². The monoisotopic (exact) mass is 387 g/mol. The summed E-state index contributed by atoms with van der Waals surface area (Å²) < 4.78 is 19.8. The third-order valence-electron chi connectivity index (χ3n) is 3.46. The van der Waals surface area contributed by atoms with Crippen molar-refractivity contribution in [1.82, 2.24) is 20.2 Å². The Morgan fingerprint density at radius 2 is 1.93 bits per heavy atom. The first kappa shape index (κ1) is 18.5. The fourth-order valence-electron chi connectivity index (χ4n) is 2.24. The van der Waals surface area contributed by atoms with Crippen LogP contribution in [-0.4, -0.2) is 44.9 Å². The highest BCUT2D eigenvalue weighted by atomic mass is 32.2. The summed E-state index contributed by atoms with van der Waals surface area (Å²) in [4.78, 5) is 24.0.